The van der Waals surface area contributed by atoms with Gasteiger partial charge < -0.3 is 24.3 Å². The van der Waals surface area contributed by atoms with Crippen LogP contribution >= 0.6 is 11.6 Å². The first kappa shape index (κ1) is 31.1. The lowest BCUT2D eigenvalue weighted by molar-refractivity contribution is 0.0428. The smallest absolute Gasteiger partial charge is 0.425 e. The molecule has 0 saturated heterocycles. The van der Waals surface area contributed by atoms with Crippen LogP contribution in [0.5, 0.6) is 11.5 Å². The van der Waals surface area contributed by atoms with E-state index in [1.807, 2.05) is 0 Å². The van der Waals surface area contributed by atoms with Crippen molar-refractivity contribution >= 4 is 47.1 Å². The molecule has 0 aliphatic carbocycles. The van der Waals surface area contributed by atoms with Crippen LogP contribution in [0.25, 0.3) is 0 Å². The molecule has 11 nitrogen and oxygen atoms in total. The third-order valence-corrected chi connectivity index (χ3v) is 5.10. The van der Waals surface area contributed by atoms with Crippen molar-refractivity contribution in [3.05, 3.63) is 65.2 Å². The largest absolute Gasteiger partial charge is 0.465 e. The lowest BCUT2D eigenvalue weighted by Crippen LogP contribution is -2.44. The molecule has 2 amide bonds. The summed E-state index contributed by atoms with van der Waals surface area (Å²) in [5.41, 5.74) is -1.45. The molecule has 0 unspecified atom stereocenters. The fraction of sp³-hybridized carbons (Fsp3) is 0.321. The number of carbonyl (C=O) groups is 3. The van der Waals surface area contributed by atoms with Crippen LogP contribution in [0.4, 0.5) is 31.3 Å². The molecule has 13 heteroatoms. The molecule has 0 radical (unpaired) electrons. The van der Waals surface area contributed by atoms with Crippen molar-refractivity contribution in [2.24, 2.45) is 0 Å². The number of methoxy groups -OCH3 is 1. The zero-order chi connectivity index (χ0) is 30.5. The number of halogens is 2. The fourth-order valence-electron chi connectivity index (χ4n) is 3.18. The van der Waals surface area contributed by atoms with Crippen LogP contribution in [0.2, 0.25) is 5.02 Å². The molecule has 0 aliphatic rings. The van der Waals surface area contributed by atoms with E-state index in [1.165, 1.54) is 37.6 Å². The van der Waals surface area contributed by atoms with Gasteiger partial charge in [-0.15, -0.1) is 0 Å². The number of esters is 1. The molecular weight excluding hydrogens is 559 g/mol. The molecule has 0 atom stereocenters. The fourth-order valence-corrected chi connectivity index (χ4v) is 3.33. The summed E-state index contributed by atoms with van der Waals surface area (Å²) in [6.07, 6.45) is 0.505. The van der Waals surface area contributed by atoms with E-state index in [-0.39, 0.29) is 39.4 Å². The summed E-state index contributed by atoms with van der Waals surface area (Å²) in [6, 6.07) is 8.17. The zero-order valence-corrected chi connectivity index (χ0v) is 24.3. The monoisotopic (exact) mass is 588 g/mol. The van der Waals surface area contributed by atoms with E-state index in [2.05, 4.69) is 15.3 Å². The summed E-state index contributed by atoms with van der Waals surface area (Å²) in [7, 11) is 1.24. The van der Waals surface area contributed by atoms with Crippen molar-refractivity contribution in [2.75, 3.05) is 17.3 Å². The Kier molecular flexibility index (Phi) is 9.38. The third-order valence-electron chi connectivity index (χ3n) is 4.81. The van der Waals surface area contributed by atoms with Gasteiger partial charge in [0.2, 0.25) is 0 Å². The highest BCUT2D eigenvalue weighted by Gasteiger charge is 2.34. The van der Waals surface area contributed by atoms with E-state index in [1.54, 1.807) is 47.6 Å². The molecule has 0 aliphatic heterocycles. The van der Waals surface area contributed by atoms with Crippen molar-refractivity contribution in [2.45, 2.75) is 52.7 Å². The average Bonchev–Trinajstić information content (AvgIpc) is 2.85. The van der Waals surface area contributed by atoms with Gasteiger partial charge in [0, 0.05) is 24.0 Å². The predicted molar refractivity (Wildman–Crippen MR) is 150 cm³/mol. The maximum Gasteiger partial charge on any atom is 0.425 e. The first-order valence-corrected chi connectivity index (χ1v) is 12.6. The number of nitrogens with zero attached hydrogens (tertiary/aromatic N) is 3. The highest BCUT2D eigenvalue weighted by molar-refractivity contribution is 6.32. The van der Waals surface area contributed by atoms with Crippen molar-refractivity contribution in [1.29, 1.82) is 0 Å². The van der Waals surface area contributed by atoms with Gasteiger partial charge in [0.1, 0.15) is 27.6 Å². The minimum Gasteiger partial charge on any atom is -0.465 e. The first-order valence-electron chi connectivity index (χ1n) is 12.3. The van der Waals surface area contributed by atoms with Crippen molar-refractivity contribution in [3.63, 3.8) is 0 Å². The van der Waals surface area contributed by atoms with Gasteiger partial charge in [0.25, 0.3) is 0 Å². The van der Waals surface area contributed by atoms with E-state index in [0.29, 0.717) is 4.90 Å². The number of imide groups is 1. The summed E-state index contributed by atoms with van der Waals surface area (Å²) in [5.74, 6) is -1.81. The molecule has 218 valence electrons. The number of carbonyl (C=O) groups excluding carboxylic acids is 3. The summed E-state index contributed by atoms with van der Waals surface area (Å²) >= 11 is 6.25. The van der Waals surface area contributed by atoms with E-state index in [0.717, 1.165) is 12.3 Å². The number of aromatic nitrogens is 2. The lowest BCUT2D eigenvalue weighted by Gasteiger charge is -2.28. The minimum absolute atomic E-state index is 0.0279. The van der Waals surface area contributed by atoms with Gasteiger partial charge in [0.15, 0.2) is 23.1 Å². The molecule has 2 aromatic heterocycles. The average molecular weight is 589 g/mol. The number of rotatable bonds is 6. The predicted octanol–water partition coefficient (Wildman–Crippen LogP) is 7.27. The SMILES string of the molecule is COC(=O)c1cccnc1Nc1ccc(Oc2cc(N(C(=O)OC(C)(C)C)C(=O)OC(C)(C)C)ncc2Cl)c(F)c1. The zero-order valence-electron chi connectivity index (χ0n) is 23.6. The van der Waals surface area contributed by atoms with Crippen LogP contribution in [-0.2, 0) is 14.2 Å². The number of pyridine rings is 2. The maximum absolute atomic E-state index is 15.1. The highest BCUT2D eigenvalue weighted by atomic mass is 35.5. The lowest BCUT2D eigenvalue weighted by atomic mass is 10.2. The number of benzene rings is 1. The number of hydrogen-bond acceptors (Lipinski definition) is 10. The molecule has 2 heterocycles. The van der Waals surface area contributed by atoms with Gasteiger partial charge in [0.05, 0.1) is 13.3 Å². The van der Waals surface area contributed by atoms with Crippen LogP contribution in [0.3, 0.4) is 0 Å². The molecule has 1 aromatic carbocycles. The molecule has 1 N–H and O–H groups in total. The molecule has 0 bridgehead atoms. The number of anilines is 3. The topological polar surface area (TPSA) is 129 Å². The Labute approximate surface area is 241 Å². The van der Waals surface area contributed by atoms with Crippen molar-refractivity contribution in [1.82, 2.24) is 9.97 Å². The second-order valence-corrected chi connectivity index (χ2v) is 10.9. The van der Waals surface area contributed by atoms with Crippen molar-refractivity contribution in [3.8, 4) is 11.5 Å². The third kappa shape index (κ3) is 8.52. The second kappa shape index (κ2) is 12.4. The van der Waals surface area contributed by atoms with Crippen LogP contribution < -0.4 is 15.0 Å². The Morgan fingerprint density at radius 2 is 1.56 bits per heavy atom. The van der Waals surface area contributed by atoms with E-state index < -0.39 is 35.2 Å². The Balaban J connectivity index is 1.91. The summed E-state index contributed by atoms with van der Waals surface area (Å²) < 4.78 is 36.2. The number of amides is 2. The molecular formula is C28H30ClFN4O7. The Hall–Kier alpha value is -4.45. The highest BCUT2D eigenvalue weighted by Crippen LogP contribution is 2.35. The van der Waals surface area contributed by atoms with Gasteiger partial charge in [-0.1, -0.05) is 11.6 Å². The molecule has 3 aromatic rings. The summed E-state index contributed by atoms with van der Waals surface area (Å²) in [4.78, 5) is 46.7. The van der Waals surface area contributed by atoms with Gasteiger partial charge in [-0.05, 0) is 65.8 Å². The number of nitrogens with one attached hydrogen (secondary N) is 1. The van der Waals surface area contributed by atoms with Crippen LogP contribution in [0.1, 0.15) is 51.9 Å². The van der Waals surface area contributed by atoms with Gasteiger partial charge in [-0.2, -0.15) is 4.90 Å². The number of ether oxygens (including phenoxy) is 4. The van der Waals surface area contributed by atoms with Gasteiger partial charge in [-0.3, -0.25) is 0 Å². The Morgan fingerprint density at radius 1 is 0.927 bits per heavy atom. The Morgan fingerprint density at radius 3 is 2.12 bits per heavy atom. The molecule has 3 rings (SSSR count). The standard InChI is InChI=1S/C28H30ClFN4O7/c1-27(2,3)40-25(36)34(26(37)41-28(4,5)6)22-14-21(18(29)15-32-22)39-20-11-10-16(13-19(20)30)33-23-17(24(35)38-7)9-8-12-31-23/h8-15H,1-7H3,(H,31,33). The number of hydrogen-bond donors (Lipinski definition) is 1. The maximum atomic E-state index is 15.1. The van der Waals surface area contributed by atoms with Crippen LogP contribution in [0, 0.1) is 5.82 Å². The Bertz CT molecular complexity index is 1430. The minimum atomic E-state index is -1.05. The van der Waals surface area contributed by atoms with Crippen molar-refractivity contribution < 1.29 is 37.7 Å². The van der Waals surface area contributed by atoms with Crippen LogP contribution in [0.15, 0.2) is 48.8 Å². The second-order valence-electron chi connectivity index (χ2n) is 10.5. The molecule has 0 fully saturated rings. The van der Waals surface area contributed by atoms with E-state index in [4.69, 9.17) is 30.5 Å². The molecule has 41 heavy (non-hydrogen) atoms. The summed E-state index contributed by atoms with van der Waals surface area (Å²) in [5, 5.41) is 2.84. The molecule has 0 spiro atoms. The van der Waals surface area contributed by atoms with E-state index >= 15 is 4.39 Å². The molecule has 0 saturated carbocycles. The van der Waals surface area contributed by atoms with Crippen LogP contribution in [-0.4, -0.2) is 46.4 Å². The normalized spacial score (nSPS) is 11.3. The first-order chi connectivity index (χ1) is 19.1. The van der Waals surface area contributed by atoms with Gasteiger partial charge in [-0.25, -0.2) is 28.7 Å². The van der Waals surface area contributed by atoms with Gasteiger partial charge >= 0.3 is 18.2 Å². The van der Waals surface area contributed by atoms with E-state index in [9.17, 15) is 14.4 Å². The quantitative estimate of drug-likeness (QED) is 0.232. The summed E-state index contributed by atoms with van der Waals surface area (Å²) in [6.45, 7) is 9.79.